The summed E-state index contributed by atoms with van der Waals surface area (Å²) in [6.45, 7) is 1.38. The minimum Gasteiger partial charge on any atom is -0.381 e. The highest BCUT2D eigenvalue weighted by Crippen LogP contribution is 2.30. The summed E-state index contributed by atoms with van der Waals surface area (Å²) < 4.78 is 20.2. The van der Waals surface area contributed by atoms with E-state index in [4.69, 9.17) is 4.74 Å². The number of halogens is 1. The van der Waals surface area contributed by atoms with Gasteiger partial charge in [-0.25, -0.2) is 4.39 Å². The quantitative estimate of drug-likeness (QED) is 0.719. The summed E-state index contributed by atoms with van der Waals surface area (Å²) in [7, 11) is 1.73. The van der Waals surface area contributed by atoms with Crippen molar-refractivity contribution in [1.29, 1.82) is 0 Å². The minimum atomic E-state index is -0.307. The van der Waals surface area contributed by atoms with Crippen molar-refractivity contribution >= 4 is 5.91 Å². The molecule has 7 heteroatoms. The summed E-state index contributed by atoms with van der Waals surface area (Å²) in [6, 6.07) is 11.5. The summed E-state index contributed by atoms with van der Waals surface area (Å²) in [5.41, 5.74) is 2.81. The number of carbonyl (C=O) groups excluding carboxylic acids is 1. The van der Waals surface area contributed by atoms with Crippen molar-refractivity contribution in [3.05, 3.63) is 71.9 Å². The molecule has 1 amide bonds. The molecule has 2 aromatic heterocycles. The molecule has 4 rings (SSSR count). The van der Waals surface area contributed by atoms with Crippen LogP contribution in [-0.4, -0.2) is 33.9 Å². The lowest BCUT2D eigenvalue weighted by molar-refractivity contribution is 0.0512. The lowest BCUT2D eigenvalue weighted by atomic mass is 9.87. The van der Waals surface area contributed by atoms with Crippen LogP contribution in [0.5, 0.6) is 0 Å². The van der Waals surface area contributed by atoms with Gasteiger partial charge in [-0.1, -0.05) is 6.07 Å². The highest BCUT2D eigenvalue weighted by Gasteiger charge is 2.28. The van der Waals surface area contributed by atoms with E-state index in [1.807, 2.05) is 12.1 Å². The van der Waals surface area contributed by atoms with E-state index in [9.17, 15) is 9.18 Å². The topological polar surface area (TPSA) is 69.0 Å². The Morgan fingerprint density at radius 2 is 2.00 bits per heavy atom. The average Bonchev–Trinajstić information content (AvgIpc) is 3.15. The smallest absolute Gasteiger partial charge is 0.270 e. The molecule has 0 saturated carbocycles. The van der Waals surface area contributed by atoms with Crippen LogP contribution >= 0.6 is 0 Å². The second-order valence-electron chi connectivity index (χ2n) is 7.23. The van der Waals surface area contributed by atoms with Gasteiger partial charge < -0.3 is 10.1 Å². The maximum absolute atomic E-state index is 13.2. The van der Waals surface area contributed by atoms with E-state index in [1.54, 1.807) is 42.3 Å². The fraction of sp³-hybridized carbons (Fsp3) is 0.318. The summed E-state index contributed by atoms with van der Waals surface area (Å²) in [6.07, 6.45) is 5.29. The van der Waals surface area contributed by atoms with Crippen molar-refractivity contribution in [3.8, 4) is 11.3 Å². The number of benzene rings is 1. The molecule has 1 aromatic carbocycles. The van der Waals surface area contributed by atoms with Gasteiger partial charge in [-0.2, -0.15) is 5.10 Å². The summed E-state index contributed by atoms with van der Waals surface area (Å²) in [5.74, 6) is -0.228. The first-order valence-electron chi connectivity index (χ1n) is 9.70. The number of nitrogens with zero attached hydrogens (tertiary/aromatic N) is 3. The number of rotatable bonds is 5. The Kier molecular flexibility index (Phi) is 5.67. The summed E-state index contributed by atoms with van der Waals surface area (Å²) in [5, 5.41) is 7.60. The fourth-order valence-corrected chi connectivity index (χ4v) is 3.74. The van der Waals surface area contributed by atoms with Crippen LogP contribution in [0.1, 0.15) is 34.9 Å². The predicted octanol–water partition coefficient (Wildman–Crippen LogP) is 3.52. The van der Waals surface area contributed by atoms with Gasteiger partial charge in [0, 0.05) is 38.2 Å². The third-order valence-electron chi connectivity index (χ3n) is 5.32. The molecule has 0 spiro atoms. The van der Waals surface area contributed by atoms with Crippen molar-refractivity contribution in [3.63, 3.8) is 0 Å². The molecular formula is C22H23FN4O2. The van der Waals surface area contributed by atoms with Crippen LogP contribution in [-0.2, 0) is 11.8 Å². The molecule has 29 heavy (non-hydrogen) atoms. The Balaban J connectivity index is 1.58. The van der Waals surface area contributed by atoms with Crippen LogP contribution in [0, 0.1) is 11.7 Å². The molecular weight excluding hydrogens is 371 g/mol. The first-order chi connectivity index (χ1) is 14.1. The van der Waals surface area contributed by atoms with E-state index in [1.165, 1.54) is 12.1 Å². The van der Waals surface area contributed by atoms with Crippen LogP contribution in [0.25, 0.3) is 11.3 Å². The van der Waals surface area contributed by atoms with Crippen molar-refractivity contribution in [1.82, 2.24) is 20.1 Å². The third kappa shape index (κ3) is 4.35. The fourth-order valence-electron chi connectivity index (χ4n) is 3.74. The number of aryl methyl sites for hydroxylation is 1. The average molecular weight is 394 g/mol. The van der Waals surface area contributed by atoms with Crippen LogP contribution in [0.2, 0.25) is 0 Å². The SMILES string of the molecule is Cn1nc(-c2ccc(F)cc2)cc1C(=O)NC(c1cccnc1)C1CCOCC1. The first-order valence-corrected chi connectivity index (χ1v) is 9.70. The normalized spacial score (nSPS) is 15.8. The van der Waals surface area contributed by atoms with Crippen LogP contribution < -0.4 is 5.32 Å². The molecule has 1 N–H and O–H groups in total. The Labute approximate surface area is 168 Å². The minimum absolute atomic E-state index is 0.149. The van der Waals surface area contributed by atoms with Crippen molar-refractivity contribution < 1.29 is 13.9 Å². The van der Waals surface area contributed by atoms with E-state index in [2.05, 4.69) is 15.4 Å². The lowest BCUT2D eigenvalue weighted by Gasteiger charge is -2.31. The zero-order chi connectivity index (χ0) is 20.2. The van der Waals surface area contributed by atoms with Crippen molar-refractivity contribution in [2.45, 2.75) is 18.9 Å². The largest absolute Gasteiger partial charge is 0.381 e. The summed E-state index contributed by atoms with van der Waals surface area (Å²) in [4.78, 5) is 17.3. The van der Waals surface area contributed by atoms with Crippen LogP contribution in [0.3, 0.4) is 0 Å². The highest BCUT2D eigenvalue weighted by atomic mass is 19.1. The second kappa shape index (κ2) is 8.53. The molecule has 0 bridgehead atoms. The predicted molar refractivity (Wildman–Crippen MR) is 107 cm³/mol. The molecule has 0 aliphatic carbocycles. The highest BCUT2D eigenvalue weighted by molar-refractivity contribution is 5.94. The van der Waals surface area contributed by atoms with Gasteiger partial charge in [-0.3, -0.25) is 14.5 Å². The van der Waals surface area contributed by atoms with Gasteiger partial charge in [0.1, 0.15) is 11.5 Å². The van der Waals surface area contributed by atoms with Gasteiger partial charge in [0.05, 0.1) is 11.7 Å². The van der Waals surface area contributed by atoms with E-state index < -0.39 is 0 Å². The maximum atomic E-state index is 13.2. The molecule has 0 radical (unpaired) electrons. The lowest BCUT2D eigenvalue weighted by Crippen LogP contribution is -2.36. The number of nitrogens with one attached hydrogen (secondary N) is 1. The molecule has 3 aromatic rings. The van der Waals surface area contributed by atoms with Gasteiger partial charge in [0.25, 0.3) is 5.91 Å². The first kappa shape index (κ1) is 19.3. The van der Waals surface area contributed by atoms with Crippen molar-refractivity contribution in [2.75, 3.05) is 13.2 Å². The Bertz CT molecular complexity index is 966. The number of aromatic nitrogens is 3. The number of carbonyl (C=O) groups is 1. The number of pyridine rings is 1. The Hall–Kier alpha value is -3.06. The molecule has 1 aliphatic rings. The molecule has 1 unspecified atom stereocenters. The molecule has 3 heterocycles. The van der Waals surface area contributed by atoms with Crippen LogP contribution in [0.4, 0.5) is 4.39 Å². The number of amides is 1. The molecule has 1 fully saturated rings. The number of hydrogen-bond acceptors (Lipinski definition) is 4. The van der Waals surface area contributed by atoms with Crippen LogP contribution in [0.15, 0.2) is 54.9 Å². The summed E-state index contributed by atoms with van der Waals surface area (Å²) >= 11 is 0. The molecule has 1 aliphatic heterocycles. The van der Waals surface area contributed by atoms with Gasteiger partial charge in [0.15, 0.2) is 0 Å². The maximum Gasteiger partial charge on any atom is 0.270 e. The number of ether oxygens (including phenoxy) is 1. The zero-order valence-electron chi connectivity index (χ0n) is 16.2. The van der Waals surface area contributed by atoms with E-state index in [0.717, 1.165) is 24.0 Å². The van der Waals surface area contributed by atoms with E-state index >= 15 is 0 Å². The number of hydrogen-bond donors (Lipinski definition) is 1. The standard InChI is InChI=1S/C22H23FN4O2/c1-27-20(13-19(26-27)15-4-6-18(23)7-5-15)22(28)25-21(16-8-11-29-12-9-16)17-3-2-10-24-14-17/h2-7,10,13-14,16,21H,8-9,11-12H2,1H3,(H,25,28). The van der Waals surface area contributed by atoms with Gasteiger partial charge in [-0.15, -0.1) is 0 Å². The van der Waals surface area contributed by atoms with Gasteiger partial charge in [-0.05, 0) is 60.7 Å². The molecule has 150 valence electrons. The Morgan fingerprint density at radius 3 is 2.69 bits per heavy atom. The van der Waals surface area contributed by atoms with E-state index in [0.29, 0.717) is 24.6 Å². The monoisotopic (exact) mass is 394 g/mol. The zero-order valence-corrected chi connectivity index (χ0v) is 16.2. The van der Waals surface area contributed by atoms with Gasteiger partial charge >= 0.3 is 0 Å². The molecule has 1 saturated heterocycles. The van der Waals surface area contributed by atoms with E-state index in [-0.39, 0.29) is 23.7 Å². The Morgan fingerprint density at radius 1 is 1.24 bits per heavy atom. The second-order valence-corrected chi connectivity index (χ2v) is 7.23. The molecule has 6 nitrogen and oxygen atoms in total. The third-order valence-corrected chi connectivity index (χ3v) is 5.32. The van der Waals surface area contributed by atoms with Crippen molar-refractivity contribution in [2.24, 2.45) is 13.0 Å². The van der Waals surface area contributed by atoms with Gasteiger partial charge in [0.2, 0.25) is 0 Å². The molecule has 1 atom stereocenters.